The number of likely N-dealkylation sites (N-methyl/N-ethyl adjacent to an activating group) is 1. The van der Waals surface area contributed by atoms with Crippen LogP contribution in [0.1, 0.15) is 126 Å². The predicted octanol–water partition coefficient (Wildman–Crippen LogP) is 1.53. The van der Waals surface area contributed by atoms with Crippen LogP contribution in [0.25, 0.3) is 0 Å². The number of esters is 1. The molecule has 68 heavy (non-hydrogen) atoms. The van der Waals surface area contributed by atoms with E-state index >= 15 is 0 Å². The zero-order chi connectivity index (χ0) is 51.6. The zero-order valence-corrected chi connectivity index (χ0v) is 41.7. The lowest BCUT2D eigenvalue weighted by molar-refractivity contribution is -0.159. The SMILES string of the molecule is CCC(C)C(=O)N[C@@H](CCC(N)=O)C(=O)N[C@@H]1C(=O)N[C@@H](CC(C)C)C(=O)NC(C)CC[C@H](O)N(C=O)C(C(C)CC)C(=O)N(C)[C@@H](Cc2ccc(O)cc2)C(=O)N[C@@H](C(C)CC)C(=O)O[C@@H]1C. The Hall–Kier alpha value is -5.79. The Morgan fingerprint density at radius 3 is 2.03 bits per heavy atom. The summed E-state index contributed by atoms with van der Waals surface area (Å²) in [5.74, 6) is -8.03. The molecule has 382 valence electrons. The minimum absolute atomic E-state index is 0.0415. The third-order valence-corrected chi connectivity index (χ3v) is 12.8. The molecule has 1 aromatic carbocycles. The molecule has 0 aliphatic carbocycles. The van der Waals surface area contributed by atoms with Crippen molar-refractivity contribution in [2.75, 3.05) is 7.05 Å². The highest BCUT2D eigenvalue weighted by atomic mass is 16.5. The summed E-state index contributed by atoms with van der Waals surface area (Å²) in [5, 5.41) is 35.0. The maximum atomic E-state index is 14.7. The van der Waals surface area contributed by atoms with E-state index in [1.165, 1.54) is 26.1 Å². The molecule has 9 N–H and O–H groups in total. The van der Waals surface area contributed by atoms with Crippen LogP contribution in [0.15, 0.2) is 24.3 Å². The number of primary amides is 1. The highest BCUT2D eigenvalue weighted by Gasteiger charge is 2.42. The minimum Gasteiger partial charge on any atom is -0.508 e. The van der Waals surface area contributed by atoms with Crippen LogP contribution in [0.4, 0.5) is 0 Å². The number of ether oxygens (including phenoxy) is 1. The first-order chi connectivity index (χ1) is 31.9. The van der Waals surface area contributed by atoms with Crippen LogP contribution in [0.2, 0.25) is 0 Å². The Morgan fingerprint density at radius 2 is 1.49 bits per heavy atom. The second-order valence-corrected chi connectivity index (χ2v) is 18.8. The molecule has 0 spiro atoms. The summed E-state index contributed by atoms with van der Waals surface area (Å²) in [6.07, 6.45) is -1.97. The Kier molecular flexibility index (Phi) is 23.9. The number of hydrogen-bond acceptors (Lipinski definition) is 12. The van der Waals surface area contributed by atoms with Gasteiger partial charge in [0.25, 0.3) is 0 Å². The van der Waals surface area contributed by atoms with Crippen molar-refractivity contribution < 1.29 is 58.1 Å². The van der Waals surface area contributed by atoms with Crippen LogP contribution in [0.3, 0.4) is 0 Å². The molecule has 0 aromatic heterocycles. The van der Waals surface area contributed by atoms with E-state index in [1.807, 2.05) is 20.8 Å². The minimum atomic E-state index is -1.71. The van der Waals surface area contributed by atoms with Crippen molar-refractivity contribution in [3.63, 3.8) is 0 Å². The molecule has 2 rings (SSSR count). The molecular formula is C48H78N8O12. The molecule has 0 saturated carbocycles. The van der Waals surface area contributed by atoms with Crippen molar-refractivity contribution >= 4 is 53.7 Å². The average molecular weight is 959 g/mol. The van der Waals surface area contributed by atoms with E-state index in [0.717, 1.165) is 9.80 Å². The first-order valence-electron chi connectivity index (χ1n) is 23.9. The van der Waals surface area contributed by atoms with Gasteiger partial charge in [-0.05, 0) is 81.4 Å². The van der Waals surface area contributed by atoms with Gasteiger partial charge in [-0.2, -0.15) is 0 Å². The van der Waals surface area contributed by atoms with E-state index in [4.69, 9.17) is 10.5 Å². The van der Waals surface area contributed by atoms with Gasteiger partial charge in [-0.25, -0.2) is 4.79 Å². The summed E-state index contributed by atoms with van der Waals surface area (Å²) in [6, 6.07) is -2.93. The standard InChI is InChI=1S/C48H78N8O12/c1-12-27(6)39-48(67)68-31(10)40(54-43(62)34(20-21-37(49)59)51-42(61)29(8)14-3)46(65)52-35(23-26(4)5)44(63)50-30(9)15-22-38(60)56(25-57)41(28(7)13-2)47(66)55(11)36(45(64)53-39)24-32-16-18-33(58)19-17-32/h16-19,25-31,34-36,38-41,58,60H,12-15,20-24H2,1-11H3,(H2,49,59)(H,50,63)(H,51,61)(H,52,65)(H,53,64)(H,54,62)/t27?,28?,29?,30?,31-,34+,35+,36+,38+,39+,40+,41?/m1/s1. The van der Waals surface area contributed by atoms with Gasteiger partial charge in [0, 0.05) is 31.8 Å². The summed E-state index contributed by atoms with van der Waals surface area (Å²) in [4.78, 5) is 126. The Labute approximate surface area is 401 Å². The highest BCUT2D eigenvalue weighted by molar-refractivity contribution is 5.96. The average Bonchev–Trinajstić information content (AvgIpc) is 3.29. The van der Waals surface area contributed by atoms with Gasteiger partial charge in [-0.3, -0.25) is 38.4 Å². The fourth-order valence-corrected chi connectivity index (χ4v) is 7.71. The van der Waals surface area contributed by atoms with E-state index in [1.54, 1.807) is 53.7 Å². The number of aliphatic hydroxyl groups excluding tert-OH is 1. The largest absolute Gasteiger partial charge is 0.508 e. The molecule has 1 aliphatic heterocycles. The van der Waals surface area contributed by atoms with Gasteiger partial charge >= 0.3 is 5.97 Å². The maximum absolute atomic E-state index is 14.7. The van der Waals surface area contributed by atoms with Crippen molar-refractivity contribution in [3.8, 4) is 5.75 Å². The molecule has 20 nitrogen and oxygen atoms in total. The van der Waals surface area contributed by atoms with Gasteiger partial charge in [0.1, 0.15) is 54.3 Å². The molecule has 1 aromatic rings. The van der Waals surface area contributed by atoms with Crippen LogP contribution in [-0.2, 0) is 54.3 Å². The van der Waals surface area contributed by atoms with E-state index in [2.05, 4.69) is 26.6 Å². The van der Waals surface area contributed by atoms with Crippen LogP contribution in [0, 0.1) is 23.7 Å². The van der Waals surface area contributed by atoms with Crippen molar-refractivity contribution in [2.24, 2.45) is 29.4 Å². The Balaban J connectivity index is 2.86. The molecular weight excluding hydrogens is 881 g/mol. The van der Waals surface area contributed by atoms with Gasteiger partial charge < -0.3 is 57.1 Å². The van der Waals surface area contributed by atoms with Crippen molar-refractivity contribution in [1.29, 1.82) is 0 Å². The van der Waals surface area contributed by atoms with Crippen molar-refractivity contribution in [2.45, 2.75) is 182 Å². The molecule has 5 unspecified atom stereocenters. The van der Waals surface area contributed by atoms with Gasteiger partial charge in [0.2, 0.25) is 47.8 Å². The third kappa shape index (κ3) is 17.4. The maximum Gasteiger partial charge on any atom is 0.329 e. The molecule has 1 heterocycles. The number of phenols is 1. The fourth-order valence-electron chi connectivity index (χ4n) is 7.71. The highest BCUT2D eigenvalue weighted by Crippen LogP contribution is 2.24. The van der Waals surface area contributed by atoms with Gasteiger partial charge in [0.05, 0.1) is 0 Å². The zero-order valence-electron chi connectivity index (χ0n) is 41.7. The number of aliphatic hydroxyl groups is 1. The molecule has 1 fully saturated rings. The number of benzene rings is 1. The molecule has 1 aliphatic rings. The quantitative estimate of drug-likeness (QED) is 0.0815. The number of aromatic hydroxyl groups is 1. The van der Waals surface area contributed by atoms with Crippen LogP contribution in [0.5, 0.6) is 5.75 Å². The lowest BCUT2D eigenvalue weighted by atomic mass is 9.94. The van der Waals surface area contributed by atoms with Gasteiger partial charge in [-0.15, -0.1) is 0 Å². The number of hydrogen-bond donors (Lipinski definition) is 8. The molecule has 0 bridgehead atoms. The van der Waals surface area contributed by atoms with E-state index in [0.29, 0.717) is 31.2 Å². The number of carbonyl (C=O) groups excluding carboxylic acids is 9. The summed E-state index contributed by atoms with van der Waals surface area (Å²) in [7, 11) is 1.38. The predicted molar refractivity (Wildman–Crippen MR) is 252 cm³/mol. The number of cyclic esters (lactones) is 1. The summed E-state index contributed by atoms with van der Waals surface area (Å²) in [5.41, 5.74) is 5.93. The van der Waals surface area contributed by atoms with Crippen LogP contribution in [-0.4, -0.2) is 135 Å². The van der Waals surface area contributed by atoms with Crippen LogP contribution < -0.4 is 32.3 Å². The van der Waals surface area contributed by atoms with Crippen molar-refractivity contribution in [3.05, 3.63) is 29.8 Å². The van der Waals surface area contributed by atoms with E-state index < -0.39 is 120 Å². The summed E-state index contributed by atoms with van der Waals surface area (Å²) >= 11 is 0. The van der Waals surface area contributed by atoms with E-state index in [9.17, 15) is 53.4 Å². The number of rotatable bonds is 17. The Morgan fingerprint density at radius 1 is 0.868 bits per heavy atom. The molecule has 1 saturated heterocycles. The fraction of sp³-hybridized carbons (Fsp3) is 0.688. The topological polar surface area (TPSA) is 296 Å². The number of nitrogens with zero attached hydrogens (tertiary/aromatic N) is 2. The molecule has 12 atom stereocenters. The smallest absolute Gasteiger partial charge is 0.329 e. The number of nitrogens with one attached hydrogen (secondary N) is 5. The summed E-state index contributed by atoms with van der Waals surface area (Å²) in [6.45, 7) is 17.1. The first kappa shape index (κ1) is 58.3. The van der Waals surface area contributed by atoms with E-state index in [-0.39, 0.29) is 50.2 Å². The molecule has 0 radical (unpaired) electrons. The summed E-state index contributed by atoms with van der Waals surface area (Å²) < 4.78 is 5.94. The van der Waals surface area contributed by atoms with Crippen LogP contribution >= 0.6 is 0 Å². The molecule has 8 amide bonds. The second kappa shape index (κ2) is 27.9. The van der Waals surface area contributed by atoms with Gasteiger partial charge in [-0.1, -0.05) is 80.4 Å². The second-order valence-electron chi connectivity index (χ2n) is 18.8. The number of carbonyl (C=O) groups is 9. The first-order valence-corrected chi connectivity index (χ1v) is 23.9. The lowest BCUT2D eigenvalue weighted by Gasteiger charge is -2.39. The number of amides is 8. The Bertz CT molecular complexity index is 1880. The third-order valence-electron chi connectivity index (χ3n) is 12.8. The number of nitrogens with two attached hydrogens (primary N) is 1. The van der Waals surface area contributed by atoms with Gasteiger partial charge in [0.15, 0.2) is 0 Å². The monoisotopic (exact) mass is 959 g/mol. The lowest BCUT2D eigenvalue weighted by Crippen LogP contribution is -2.61. The molecule has 20 heteroatoms. The normalized spacial score (nSPS) is 25.9. The van der Waals surface area contributed by atoms with Crippen molar-refractivity contribution in [1.82, 2.24) is 36.4 Å². The number of phenolic OH excluding ortho intramolecular Hbond substituents is 1.